The average molecular weight is 667 g/mol. The van der Waals surface area contributed by atoms with Gasteiger partial charge in [0.15, 0.2) is 0 Å². The second kappa shape index (κ2) is 15.8. The third-order valence-corrected chi connectivity index (χ3v) is 9.04. The largest absolute Gasteiger partial charge is 0.354 e. The topological polar surface area (TPSA) is 86.8 Å². The quantitative estimate of drug-likeness (QED) is 0.203. The van der Waals surface area contributed by atoms with Gasteiger partial charge in [-0.05, 0) is 60.2 Å². The first kappa shape index (κ1) is 34.7. The lowest BCUT2D eigenvalue weighted by molar-refractivity contribution is -0.141. The highest BCUT2D eigenvalue weighted by atomic mass is 35.5. The van der Waals surface area contributed by atoms with Crippen molar-refractivity contribution in [3.05, 3.63) is 98.5 Å². The van der Waals surface area contributed by atoms with Crippen molar-refractivity contribution in [1.29, 1.82) is 0 Å². The van der Waals surface area contributed by atoms with Crippen molar-refractivity contribution in [2.45, 2.75) is 52.6 Å². The number of aryl methyl sites for hydroxylation is 1. The number of hydrogen-bond acceptors (Lipinski definition) is 4. The minimum atomic E-state index is -3.66. The fourth-order valence-corrected chi connectivity index (χ4v) is 6.15. The lowest BCUT2D eigenvalue weighted by atomic mass is 10.0. The maximum atomic E-state index is 14.0. The first-order valence-electron chi connectivity index (χ1n) is 14.0. The number of sulfonamides is 1. The Morgan fingerprint density at radius 1 is 0.907 bits per heavy atom. The molecule has 0 spiro atoms. The summed E-state index contributed by atoms with van der Waals surface area (Å²) in [5, 5.41) is 4.13. The van der Waals surface area contributed by atoms with Gasteiger partial charge in [0.25, 0.3) is 0 Å². The summed E-state index contributed by atoms with van der Waals surface area (Å²) in [6.45, 7) is 6.44. The van der Waals surface area contributed by atoms with E-state index in [9.17, 15) is 18.0 Å². The minimum absolute atomic E-state index is 0.00963. The zero-order valence-corrected chi connectivity index (χ0v) is 27.9. The van der Waals surface area contributed by atoms with Crippen LogP contribution in [0.1, 0.15) is 43.4 Å². The van der Waals surface area contributed by atoms with Crippen LogP contribution in [0.15, 0.2) is 66.7 Å². The zero-order valence-electron chi connectivity index (χ0n) is 24.8. The maximum absolute atomic E-state index is 14.0. The fraction of sp³-hybridized carbons (Fsp3) is 0.375. The highest BCUT2D eigenvalue weighted by Gasteiger charge is 2.31. The van der Waals surface area contributed by atoms with Gasteiger partial charge in [0.1, 0.15) is 6.04 Å². The zero-order chi connectivity index (χ0) is 31.7. The van der Waals surface area contributed by atoms with Gasteiger partial charge >= 0.3 is 0 Å². The molecule has 0 heterocycles. The van der Waals surface area contributed by atoms with Crippen LogP contribution in [0.5, 0.6) is 0 Å². The second-order valence-corrected chi connectivity index (χ2v) is 14.1. The van der Waals surface area contributed by atoms with Crippen molar-refractivity contribution >= 4 is 62.3 Å². The molecule has 0 bridgehead atoms. The van der Waals surface area contributed by atoms with E-state index in [-0.39, 0.29) is 43.7 Å². The van der Waals surface area contributed by atoms with Gasteiger partial charge in [0.2, 0.25) is 21.8 Å². The first-order chi connectivity index (χ1) is 20.3. The summed E-state index contributed by atoms with van der Waals surface area (Å²) < 4.78 is 26.8. The molecule has 43 heavy (non-hydrogen) atoms. The molecular weight excluding hydrogens is 629 g/mol. The molecule has 232 valence electrons. The lowest BCUT2D eigenvalue weighted by Gasteiger charge is -2.32. The van der Waals surface area contributed by atoms with Gasteiger partial charge in [-0.25, -0.2) is 8.42 Å². The van der Waals surface area contributed by atoms with Gasteiger partial charge in [-0.3, -0.25) is 13.9 Å². The van der Waals surface area contributed by atoms with E-state index < -0.39 is 16.1 Å². The molecule has 0 unspecified atom stereocenters. The van der Waals surface area contributed by atoms with Crippen molar-refractivity contribution in [3.8, 4) is 0 Å². The Morgan fingerprint density at radius 3 is 2.23 bits per heavy atom. The molecule has 0 saturated carbocycles. The molecule has 0 aliphatic carbocycles. The summed E-state index contributed by atoms with van der Waals surface area (Å²) in [4.78, 5) is 29.1. The molecule has 0 saturated heterocycles. The van der Waals surface area contributed by atoms with Crippen LogP contribution < -0.4 is 9.62 Å². The molecule has 11 heteroatoms. The number of anilines is 1. The molecule has 0 aromatic heterocycles. The van der Waals surface area contributed by atoms with Crippen LogP contribution in [0, 0.1) is 12.8 Å². The Morgan fingerprint density at radius 2 is 1.60 bits per heavy atom. The number of benzene rings is 3. The van der Waals surface area contributed by atoms with E-state index in [1.54, 1.807) is 48.2 Å². The van der Waals surface area contributed by atoms with Gasteiger partial charge in [0, 0.05) is 37.5 Å². The van der Waals surface area contributed by atoms with Crippen molar-refractivity contribution in [3.63, 3.8) is 0 Å². The minimum Gasteiger partial charge on any atom is -0.354 e. The summed E-state index contributed by atoms with van der Waals surface area (Å²) in [5.41, 5.74) is 2.82. The number of hydrogen-bond donors (Lipinski definition) is 1. The highest BCUT2D eigenvalue weighted by molar-refractivity contribution is 7.92. The van der Waals surface area contributed by atoms with Crippen molar-refractivity contribution in [2.24, 2.45) is 5.92 Å². The first-order valence-corrected chi connectivity index (χ1v) is 17.0. The highest BCUT2D eigenvalue weighted by Crippen LogP contribution is 2.28. The Labute approximate surface area is 270 Å². The van der Waals surface area contributed by atoms with Crippen molar-refractivity contribution in [1.82, 2.24) is 10.2 Å². The van der Waals surface area contributed by atoms with Crippen LogP contribution in [0.4, 0.5) is 5.69 Å². The normalized spacial score (nSPS) is 12.2. The molecular formula is C32H38Cl3N3O4S. The number of halogens is 3. The van der Waals surface area contributed by atoms with Gasteiger partial charge < -0.3 is 10.2 Å². The summed E-state index contributed by atoms with van der Waals surface area (Å²) in [6.07, 6.45) is 1.66. The van der Waals surface area contributed by atoms with E-state index in [2.05, 4.69) is 5.32 Å². The van der Waals surface area contributed by atoms with Crippen LogP contribution in [0.25, 0.3) is 0 Å². The summed E-state index contributed by atoms with van der Waals surface area (Å²) in [5.74, 6) is -0.335. The molecule has 0 fully saturated rings. The summed E-state index contributed by atoms with van der Waals surface area (Å²) in [6, 6.07) is 18.9. The molecule has 3 rings (SSSR count). The number of carbonyl (C=O) groups is 2. The van der Waals surface area contributed by atoms with Crippen LogP contribution in [0.2, 0.25) is 15.1 Å². The van der Waals surface area contributed by atoms with Gasteiger partial charge in [-0.15, -0.1) is 0 Å². The van der Waals surface area contributed by atoms with E-state index in [1.165, 1.54) is 4.31 Å². The average Bonchev–Trinajstić information content (AvgIpc) is 2.94. The number of nitrogens with zero attached hydrogens (tertiary/aromatic N) is 2. The van der Waals surface area contributed by atoms with Gasteiger partial charge in [0.05, 0.1) is 22.0 Å². The number of amides is 2. The number of rotatable bonds is 14. The van der Waals surface area contributed by atoms with Gasteiger partial charge in [-0.2, -0.15) is 0 Å². The molecule has 2 amide bonds. The Balaban J connectivity index is 1.92. The number of nitrogens with one attached hydrogen (secondary N) is 1. The molecule has 3 aromatic rings. The SMILES string of the molecule is Cc1ccc(Cl)cc1N(CCCC(=O)N(Cc1ccc(Cl)c(Cl)c1)[C@H](Cc1ccccc1)C(=O)NCC(C)C)S(C)(=O)=O. The number of carbonyl (C=O) groups excluding carboxylic acids is 2. The van der Waals surface area contributed by atoms with Crippen LogP contribution >= 0.6 is 34.8 Å². The Bertz CT molecular complexity index is 1520. The van der Waals surface area contributed by atoms with Crippen LogP contribution in [-0.4, -0.2) is 50.5 Å². The van der Waals surface area contributed by atoms with Crippen LogP contribution in [0.3, 0.4) is 0 Å². The lowest BCUT2D eigenvalue weighted by Crippen LogP contribution is -2.51. The Kier molecular flexibility index (Phi) is 12.8. The van der Waals surface area contributed by atoms with Crippen molar-refractivity contribution < 1.29 is 18.0 Å². The molecule has 0 radical (unpaired) electrons. The third kappa shape index (κ3) is 10.4. The standard InChI is InChI=1S/C32H38Cl3N3O4S/c1-22(2)20-36-32(40)30(18-24-9-6-5-7-10-24)37(21-25-13-15-27(34)28(35)17-25)31(39)11-8-16-38(43(4,41)42)29-19-26(33)14-12-23(29)3/h5-7,9-10,12-15,17,19,22,30H,8,11,16,18,20-21H2,1-4H3,(H,36,40)/t30-/m1/s1. The molecule has 1 atom stereocenters. The third-order valence-electron chi connectivity index (χ3n) is 6.88. The van der Waals surface area contributed by atoms with Crippen LogP contribution in [-0.2, 0) is 32.6 Å². The van der Waals surface area contributed by atoms with E-state index in [0.717, 1.165) is 17.4 Å². The van der Waals surface area contributed by atoms with E-state index in [4.69, 9.17) is 34.8 Å². The monoisotopic (exact) mass is 665 g/mol. The molecule has 1 N–H and O–H groups in total. The fourth-order valence-electron chi connectivity index (χ4n) is 4.64. The van der Waals surface area contributed by atoms with E-state index in [1.807, 2.05) is 44.2 Å². The molecule has 7 nitrogen and oxygen atoms in total. The van der Waals surface area contributed by atoms with E-state index >= 15 is 0 Å². The molecule has 0 aliphatic heterocycles. The smallest absolute Gasteiger partial charge is 0.243 e. The van der Waals surface area contributed by atoms with E-state index in [0.29, 0.717) is 39.3 Å². The summed E-state index contributed by atoms with van der Waals surface area (Å²) in [7, 11) is -3.66. The molecule has 0 aliphatic rings. The van der Waals surface area contributed by atoms with Gasteiger partial charge in [-0.1, -0.05) is 91.1 Å². The molecule has 3 aromatic carbocycles. The summed E-state index contributed by atoms with van der Waals surface area (Å²) >= 11 is 18.6. The maximum Gasteiger partial charge on any atom is 0.243 e. The predicted molar refractivity (Wildman–Crippen MR) is 176 cm³/mol. The van der Waals surface area contributed by atoms with Crippen molar-refractivity contribution in [2.75, 3.05) is 23.7 Å². The second-order valence-electron chi connectivity index (χ2n) is 11.0. The Hall–Kier alpha value is -2.78. The predicted octanol–water partition coefficient (Wildman–Crippen LogP) is 6.91.